The van der Waals surface area contributed by atoms with Crippen molar-refractivity contribution in [3.8, 4) is 5.75 Å². The van der Waals surface area contributed by atoms with Gasteiger partial charge in [0.15, 0.2) is 5.76 Å². The number of nitrogens with one attached hydrogen (secondary N) is 1. The zero-order valence-electron chi connectivity index (χ0n) is 15.1. The normalized spacial score (nSPS) is 14.1. The second-order valence-corrected chi connectivity index (χ2v) is 6.66. The maximum atomic E-state index is 12.2. The summed E-state index contributed by atoms with van der Waals surface area (Å²) in [6.07, 6.45) is 1.48. The van der Waals surface area contributed by atoms with Crippen molar-refractivity contribution >= 4 is 23.5 Å². The fraction of sp³-hybridized carbons (Fsp3) is 0.368. The van der Waals surface area contributed by atoms with Crippen LogP contribution in [0.25, 0.3) is 0 Å². The van der Waals surface area contributed by atoms with E-state index in [9.17, 15) is 9.59 Å². The van der Waals surface area contributed by atoms with E-state index < -0.39 is 0 Å². The lowest BCUT2D eigenvalue weighted by molar-refractivity contribution is 0.0634. The number of carbonyl (C=O) groups is 2. The Labute approximate surface area is 162 Å². The summed E-state index contributed by atoms with van der Waals surface area (Å²) in [4.78, 5) is 27.8. The van der Waals surface area contributed by atoms with Crippen LogP contribution in [-0.4, -0.2) is 61.1 Å². The van der Waals surface area contributed by atoms with E-state index in [2.05, 4.69) is 5.32 Å². The molecule has 7 nitrogen and oxygen atoms in total. The molecule has 144 valence electrons. The molecule has 0 saturated carbocycles. The van der Waals surface area contributed by atoms with Gasteiger partial charge in [-0.25, -0.2) is 4.79 Å². The average Bonchev–Trinajstić information content (AvgIpc) is 3.22. The minimum atomic E-state index is -0.156. The number of furan rings is 1. The predicted octanol–water partition coefficient (Wildman–Crippen LogP) is 2.79. The molecule has 0 atom stereocenters. The first-order valence-electron chi connectivity index (χ1n) is 8.79. The fourth-order valence-corrected chi connectivity index (χ4v) is 2.93. The Balaban J connectivity index is 1.37. The number of halogens is 1. The van der Waals surface area contributed by atoms with E-state index in [1.165, 1.54) is 6.26 Å². The molecule has 1 aromatic carbocycles. The molecule has 0 radical (unpaired) electrons. The minimum Gasteiger partial charge on any atom is -0.492 e. The van der Waals surface area contributed by atoms with Crippen LogP contribution in [0.15, 0.2) is 41.0 Å². The highest BCUT2D eigenvalue weighted by Gasteiger charge is 2.25. The number of piperazine rings is 1. The molecule has 1 aliphatic heterocycles. The van der Waals surface area contributed by atoms with Gasteiger partial charge in [0.1, 0.15) is 12.4 Å². The van der Waals surface area contributed by atoms with Gasteiger partial charge in [-0.3, -0.25) is 4.79 Å². The van der Waals surface area contributed by atoms with E-state index >= 15 is 0 Å². The number of benzene rings is 1. The first kappa shape index (κ1) is 19.1. The van der Waals surface area contributed by atoms with E-state index in [4.69, 9.17) is 20.8 Å². The third-order valence-corrected chi connectivity index (χ3v) is 4.79. The van der Waals surface area contributed by atoms with E-state index in [1.54, 1.807) is 34.1 Å². The molecule has 1 aliphatic rings. The number of ether oxygens (including phenoxy) is 1. The summed E-state index contributed by atoms with van der Waals surface area (Å²) >= 11 is 5.98. The van der Waals surface area contributed by atoms with Crippen LogP contribution in [0.1, 0.15) is 16.1 Å². The highest BCUT2D eigenvalue weighted by atomic mass is 35.5. The van der Waals surface area contributed by atoms with Gasteiger partial charge >= 0.3 is 6.03 Å². The second kappa shape index (κ2) is 8.81. The van der Waals surface area contributed by atoms with Gasteiger partial charge in [-0.1, -0.05) is 11.6 Å². The Morgan fingerprint density at radius 3 is 2.59 bits per heavy atom. The lowest BCUT2D eigenvalue weighted by Crippen LogP contribution is -2.53. The molecule has 0 unspecified atom stereocenters. The van der Waals surface area contributed by atoms with Crippen LogP contribution in [0.2, 0.25) is 5.02 Å². The van der Waals surface area contributed by atoms with E-state index in [1.807, 2.05) is 13.0 Å². The first-order valence-corrected chi connectivity index (χ1v) is 9.17. The van der Waals surface area contributed by atoms with Gasteiger partial charge in [-0.05, 0) is 42.8 Å². The maximum Gasteiger partial charge on any atom is 0.317 e. The van der Waals surface area contributed by atoms with E-state index in [0.717, 1.165) is 11.3 Å². The molecule has 2 aromatic rings. The smallest absolute Gasteiger partial charge is 0.317 e. The summed E-state index contributed by atoms with van der Waals surface area (Å²) in [5.74, 6) is 0.894. The Bertz CT molecular complexity index is 786. The van der Waals surface area contributed by atoms with E-state index in [0.29, 0.717) is 50.1 Å². The quantitative estimate of drug-likeness (QED) is 0.795. The number of urea groups is 1. The van der Waals surface area contributed by atoms with Crippen LogP contribution >= 0.6 is 11.6 Å². The molecule has 1 aromatic heterocycles. The van der Waals surface area contributed by atoms with E-state index in [-0.39, 0.29) is 11.9 Å². The van der Waals surface area contributed by atoms with Gasteiger partial charge in [-0.15, -0.1) is 0 Å². The summed E-state index contributed by atoms with van der Waals surface area (Å²) in [6.45, 7) is 4.59. The molecule has 1 saturated heterocycles. The van der Waals surface area contributed by atoms with Crippen LogP contribution in [0, 0.1) is 6.92 Å². The number of hydrogen-bond donors (Lipinski definition) is 1. The molecule has 0 bridgehead atoms. The SMILES string of the molecule is Cc1cc(OCCNC(=O)N2CCN(C(=O)c3ccco3)CC2)ccc1Cl. The monoisotopic (exact) mass is 391 g/mol. The number of aryl methyl sites for hydroxylation is 1. The van der Waals surface area contributed by atoms with Gasteiger partial charge in [0.05, 0.1) is 12.8 Å². The number of hydrogen-bond acceptors (Lipinski definition) is 4. The maximum absolute atomic E-state index is 12.2. The molecule has 27 heavy (non-hydrogen) atoms. The predicted molar refractivity (Wildman–Crippen MR) is 101 cm³/mol. The standard InChI is InChI=1S/C19H22ClN3O4/c1-14-13-15(4-5-16(14)20)26-12-6-21-19(25)23-9-7-22(8-10-23)18(24)17-3-2-11-27-17/h2-5,11,13H,6-10,12H2,1H3,(H,21,25). The summed E-state index contributed by atoms with van der Waals surface area (Å²) < 4.78 is 10.7. The fourth-order valence-electron chi connectivity index (χ4n) is 2.81. The highest BCUT2D eigenvalue weighted by molar-refractivity contribution is 6.31. The minimum absolute atomic E-state index is 0.147. The third-order valence-electron chi connectivity index (χ3n) is 4.36. The molecule has 1 fully saturated rings. The molecule has 3 rings (SSSR count). The second-order valence-electron chi connectivity index (χ2n) is 6.25. The van der Waals surface area contributed by atoms with Crippen molar-refractivity contribution in [2.75, 3.05) is 39.3 Å². The zero-order valence-corrected chi connectivity index (χ0v) is 15.9. The van der Waals surface area contributed by atoms with Gasteiger partial charge < -0.3 is 24.3 Å². The molecule has 3 amide bonds. The summed E-state index contributed by atoms with van der Waals surface area (Å²) in [5.41, 5.74) is 0.945. The van der Waals surface area contributed by atoms with Gasteiger partial charge in [0.25, 0.3) is 5.91 Å². The Morgan fingerprint density at radius 1 is 1.19 bits per heavy atom. The Morgan fingerprint density at radius 2 is 1.93 bits per heavy atom. The van der Waals surface area contributed by atoms with Crippen molar-refractivity contribution in [3.63, 3.8) is 0 Å². The molecular weight excluding hydrogens is 370 g/mol. The Hall–Kier alpha value is -2.67. The largest absolute Gasteiger partial charge is 0.492 e. The number of rotatable bonds is 5. The lowest BCUT2D eigenvalue weighted by Gasteiger charge is -2.34. The molecular formula is C19H22ClN3O4. The van der Waals surface area contributed by atoms with Crippen molar-refractivity contribution in [1.82, 2.24) is 15.1 Å². The lowest BCUT2D eigenvalue weighted by atomic mass is 10.2. The van der Waals surface area contributed by atoms with Gasteiger partial charge in [0.2, 0.25) is 0 Å². The van der Waals surface area contributed by atoms with Crippen LogP contribution < -0.4 is 10.1 Å². The van der Waals surface area contributed by atoms with Gasteiger partial charge in [-0.2, -0.15) is 0 Å². The molecule has 2 heterocycles. The average molecular weight is 392 g/mol. The topological polar surface area (TPSA) is 75.0 Å². The Kier molecular flexibility index (Phi) is 6.24. The van der Waals surface area contributed by atoms with Crippen molar-refractivity contribution in [1.29, 1.82) is 0 Å². The van der Waals surface area contributed by atoms with Crippen LogP contribution in [0.5, 0.6) is 5.75 Å². The van der Waals surface area contributed by atoms with Crippen LogP contribution in [-0.2, 0) is 0 Å². The van der Waals surface area contributed by atoms with Crippen molar-refractivity contribution < 1.29 is 18.7 Å². The molecule has 1 N–H and O–H groups in total. The number of amides is 3. The van der Waals surface area contributed by atoms with Crippen LogP contribution in [0.3, 0.4) is 0 Å². The first-order chi connectivity index (χ1) is 13.0. The summed E-state index contributed by atoms with van der Waals surface area (Å²) in [7, 11) is 0. The molecule has 8 heteroatoms. The number of carbonyl (C=O) groups excluding carboxylic acids is 2. The van der Waals surface area contributed by atoms with Gasteiger partial charge in [0, 0.05) is 31.2 Å². The highest BCUT2D eigenvalue weighted by Crippen LogP contribution is 2.20. The van der Waals surface area contributed by atoms with Crippen LogP contribution in [0.4, 0.5) is 4.79 Å². The zero-order chi connectivity index (χ0) is 19.2. The van der Waals surface area contributed by atoms with Crippen molar-refractivity contribution in [3.05, 3.63) is 52.9 Å². The van der Waals surface area contributed by atoms with Crippen molar-refractivity contribution in [2.45, 2.75) is 6.92 Å². The summed E-state index contributed by atoms with van der Waals surface area (Å²) in [5, 5.41) is 3.53. The molecule has 0 aliphatic carbocycles. The molecule has 0 spiro atoms. The van der Waals surface area contributed by atoms with Crippen molar-refractivity contribution in [2.24, 2.45) is 0 Å². The third kappa shape index (κ3) is 4.95. The number of nitrogens with zero attached hydrogens (tertiary/aromatic N) is 2. The summed E-state index contributed by atoms with van der Waals surface area (Å²) in [6, 6.07) is 8.62.